The van der Waals surface area contributed by atoms with Crippen LogP contribution >= 0.6 is 0 Å². The zero-order chi connectivity index (χ0) is 12.1. The van der Waals surface area contributed by atoms with Crippen molar-refractivity contribution in [3.8, 4) is 0 Å². The molecular formula is C11H19NO4. The van der Waals surface area contributed by atoms with Crippen LogP contribution in [0.2, 0.25) is 0 Å². The van der Waals surface area contributed by atoms with E-state index in [0.717, 1.165) is 0 Å². The van der Waals surface area contributed by atoms with Crippen LogP contribution in [0.4, 0.5) is 0 Å². The highest BCUT2D eigenvalue weighted by molar-refractivity contribution is 5.83. The molecule has 1 rings (SSSR count). The van der Waals surface area contributed by atoms with Gasteiger partial charge >= 0.3 is 5.97 Å². The summed E-state index contributed by atoms with van der Waals surface area (Å²) in [5.41, 5.74) is 0. The van der Waals surface area contributed by atoms with E-state index >= 15 is 0 Å². The second kappa shape index (κ2) is 5.84. The lowest BCUT2D eigenvalue weighted by atomic mass is 9.95. The van der Waals surface area contributed by atoms with Gasteiger partial charge in [-0.1, -0.05) is 0 Å². The Balaban J connectivity index is 2.56. The Morgan fingerprint density at radius 1 is 1.50 bits per heavy atom. The van der Waals surface area contributed by atoms with Crippen molar-refractivity contribution >= 4 is 11.9 Å². The summed E-state index contributed by atoms with van der Waals surface area (Å²) < 4.78 is 5.37. The molecule has 0 aliphatic carbocycles. The first-order valence-corrected chi connectivity index (χ1v) is 5.66. The van der Waals surface area contributed by atoms with Gasteiger partial charge in [-0.25, -0.2) is 0 Å². The van der Waals surface area contributed by atoms with Gasteiger partial charge in [0.05, 0.1) is 6.10 Å². The summed E-state index contributed by atoms with van der Waals surface area (Å²) in [6.07, 6.45) is 1.47. The molecule has 5 nitrogen and oxygen atoms in total. The molecule has 0 spiro atoms. The van der Waals surface area contributed by atoms with Crippen LogP contribution in [0.5, 0.6) is 0 Å². The number of carbonyl (C=O) groups is 2. The normalized spacial score (nSPS) is 25.1. The van der Waals surface area contributed by atoms with Crippen molar-refractivity contribution in [2.24, 2.45) is 5.92 Å². The summed E-state index contributed by atoms with van der Waals surface area (Å²) in [5.74, 6) is -1.10. The van der Waals surface area contributed by atoms with Crippen LogP contribution < -0.4 is 0 Å². The standard InChI is InChI=1S/C11H19NO4/c1-3-12(7-10(13)14)11(15)9-4-5-16-8(2)6-9/h8-9H,3-7H2,1-2H3,(H,13,14). The first-order valence-electron chi connectivity index (χ1n) is 5.66. The number of carbonyl (C=O) groups excluding carboxylic acids is 1. The van der Waals surface area contributed by atoms with E-state index in [1.165, 1.54) is 4.90 Å². The molecule has 92 valence electrons. The van der Waals surface area contributed by atoms with Gasteiger partial charge in [-0.2, -0.15) is 0 Å². The Labute approximate surface area is 95.4 Å². The van der Waals surface area contributed by atoms with E-state index in [0.29, 0.717) is 26.0 Å². The molecule has 0 aromatic heterocycles. The Hall–Kier alpha value is -1.10. The lowest BCUT2D eigenvalue weighted by molar-refractivity contribution is -0.148. The molecule has 1 saturated heterocycles. The molecule has 1 fully saturated rings. The molecule has 5 heteroatoms. The molecule has 2 atom stereocenters. The molecule has 1 amide bonds. The van der Waals surface area contributed by atoms with Crippen LogP contribution in [-0.2, 0) is 14.3 Å². The number of rotatable bonds is 4. The Kier molecular flexibility index (Phi) is 4.73. The maximum atomic E-state index is 12.0. The zero-order valence-electron chi connectivity index (χ0n) is 9.81. The number of carboxylic acid groups (broad SMARTS) is 1. The van der Waals surface area contributed by atoms with Gasteiger partial charge in [0.1, 0.15) is 6.54 Å². The van der Waals surface area contributed by atoms with Crippen LogP contribution in [0.1, 0.15) is 26.7 Å². The third-order valence-corrected chi connectivity index (χ3v) is 2.85. The fourth-order valence-corrected chi connectivity index (χ4v) is 1.99. The summed E-state index contributed by atoms with van der Waals surface area (Å²) in [6.45, 7) is 4.55. The average molecular weight is 229 g/mol. The van der Waals surface area contributed by atoms with Crippen molar-refractivity contribution in [3.63, 3.8) is 0 Å². The molecule has 0 saturated carbocycles. The predicted octanol–water partition coefficient (Wildman–Crippen LogP) is 0.735. The fourth-order valence-electron chi connectivity index (χ4n) is 1.99. The number of likely N-dealkylation sites (N-methyl/N-ethyl adjacent to an activating group) is 1. The molecule has 0 radical (unpaired) electrons. The number of ether oxygens (including phenoxy) is 1. The Bertz CT molecular complexity index is 267. The Morgan fingerprint density at radius 3 is 2.69 bits per heavy atom. The second-order valence-electron chi connectivity index (χ2n) is 4.15. The quantitative estimate of drug-likeness (QED) is 0.772. The van der Waals surface area contributed by atoms with Crippen molar-refractivity contribution in [3.05, 3.63) is 0 Å². The maximum Gasteiger partial charge on any atom is 0.323 e. The number of amides is 1. The average Bonchev–Trinajstić information content (AvgIpc) is 2.24. The third kappa shape index (κ3) is 3.48. The Morgan fingerprint density at radius 2 is 2.19 bits per heavy atom. The van der Waals surface area contributed by atoms with Gasteiger partial charge in [0, 0.05) is 19.1 Å². The number of hydrogen-bond acceptors (Lipinski definition) is 3. The highest BCUT2D eigenvalue weighted by Gasteiger charge is 2.29. The van der Waals surface area contributed by atoms with E-state index < -0.39 is 5.97 Å². The predicted molar refractivity (Wildman–Crippen MR) is 58.0 cm³/mol. The van der Waals surface area contributed by atoms with Crippen LogP contribution in [-0.4, -0.2) is 47.7 Å². The first-order chi connectivity index (χ1) is 7.54. The minimum atomic E-state index is -0.963. The summed E-state index contributed by atoms with van der Waals surface area (Å²) in [4.78, 5) is 24.0. The highest BCUT2D eigenvalue weighted by Crippen LogP contribution is 2.21. The molecule has 1 heterocycles. The van der Waals surface area contributed by atoms with Gasteiger partial charge in [0.25, 0.3) is 0 Å². The van der Waals surface area contributed by atoms with Crippen LogP contribution in [0, 0.1) is 5.92 Å². The largest absolute Gasteiger partial charge is 0.480 e. The number of hydrogen-bond donors (Lipinski definition) is 1. The smallest absolute Gasteiger partial charge is 0.323 e. The van der Waals surface area contributed by atoms with Crippen LogP contribution in [0.25, 0.3) is 0 Å². The van der Waals surface area contributed by atoms with Gasteiger partial charge in [-0.3, -0.25) is 9.59 Å². The third-order valence-electron chi connectivity index (χ3n) is 2.85. The molecular weight excluding hydrogens is 210 g/mol. The minimum absolute atomic E-state index is 0.0555. The summed E-state index contributed by atoms with van der Waals surface area (Å²) in [6, 6.07) is 0. The topological polar surface area (TPSA) is 66.8 Å². The lowest BCUT2D eigenvalue weighted by Crippen LogP contribution is -2.42. The van der Waals surface area contributed by atoms with Gasteiger partial charge < -0.3 is 14.7 Å². The highest BCUT2D eigenvalue weighted by atomic mass is 16.5. The van der Waals surface area contributed by atoms with Gasteiger partial charge in [-0.05, 0) is 26.7 Å². The van der Waals surface area contributed by atoms with Gasteiger partial charge in [0.15, 0.2) is 0 Å². The molecule has 1 aliphatic rings. The van der Waals surface area contributed by atoms with Crippen molar-refractivity contribution in [2.45, 2.75) is 32.8 Å². The summed E-state index contributed by atoms with van der Waals surface area (Å²) in [5, 5.41) is 8.70. The minimum Gasteiger partial charge on any atom is -0.480 e. The number of carboxylic acids is 1. The van der Waals surface area contributed by atoms with Crippen molar-refractivity contribution in [2.75, 3.05) is 19.7 Å². The molecule has 0 bridgehead atoms. The molecule has 0 aromatic carbocycles. The van der Waals surface area contributed by atoms with E-state index in [2.05, 4.69) is 0 Å². The van der Waals surface area contributed by atoms with E-state index in [1.54, 1.807) is 6.92 Å². The van der Waals surface area contributed by atoms with Crippen molar-refractivity contribution < 1.29 is 19.4 Å². The van der Waals surface area contributed by atoms with Crippen LogP contribution in [0.15, 0.2) is 0 Å². The van der Waals surface area contributed by atoms with E-state index in [9.17, 15) is 9.59 Å². The van der Waals surface area contributed by atoms with Gasteiger partial charge in [0.2, 0.25) is 5.91 Å². The van der Waals surface area contributed by atoms with Crippen molar-refractivity contribution in [1.82, 2.24) is 4.90 Å². The molecule has 16 heavy (non-hydrogen) atoms. The lowest BCUT2D eigenvalue weighted by Gasteiger charge is -2.30. The monoisotopic (exact) mass is 229 g/mol. The van der Waals surface area contributed by atoms with E-state index in [4.69, 9.17) is 9.84 Å². The number of aliphatic carboxylic acids is 1. The summed E-state index contributed by atoms with van der Waals surface area (Å²) >= 11 is 0. The SMILES string of the molecule is CCN(CC(=O)O)C(=O)C1CCOC(C)C1. The number of nitrogens with zero attached hydrogens (tertiary/aromatic N) is 1. The maximum absolute atomic E-state index is 12.0. The molecule has 0 aromatic rings. The first kappa shape index (κ1) is 13.0. The fraction of sp³-hybridized carbons (Fsp3) is 0.818. The van der Waals surface area contributed by atoms with E-state index in [1.807, 2.05) is 6.92 Å². The zero-order valence-corrected chi connectivity index (χ0v) is 9.81. The van der Waals surface area contributed by atoms with E-state index in [-0.39, 0.29) is 24.5 Å². The molecule has 1 aliphatic heterocycles. The van der Waals surface area contributed by atoms with Crippen LogP contribution in [0.3, 0.4) is 0 Å². The van der Waals surface area contributed by atoms with Crippen molar-refractivity contribution in [1.29, 1.82) is 0 Å². The molecule has 2 unspecified atom stereocenters. The summed E-state index contributed by atoms with van der Waals surface area (Å²) in [7, 11) is 0. The second-order valence-corrected chi connectivity index (χ2v) is 4.15. The van der Waals surface area contributed by atoms with Gasteiger partial charge in [-0.15, -0.1) is 0 Å². The molecule has 1 N–H and O–H groups in total.